The Morgan fingerprint density at radius 2 is 1.79 bits per heavy atom. The van der Waals surface area contributed by atoms with Gasteiger partial charge in [0, 0.05) is 29.3 Å². The molecule has 0 bridgehead atoms. The number of benzene rings is 1. The van der Waals surface area contributed by atoms with E-state index in [1.54, 1.807) is 0 Å². The van der Waals surface area contributed by atoms with Gasteiger partial charge in [-0.05, 0) is 86.8 Å². The Hall–Kier alpha value is -2.66. The molecule has 1 aliphatic heterocycles. The summed E-state index contributed by atoms with van der Waals surface area (Å²) in [5.41, 5.74) is 7.54. The quantitative estimate of drug-likeness (QED) is 0.451. The van der Waals surface area contributed by atoms with Crippen LogP contribution in [0, 0.1) is 13.8 Å². The van der Waals surface area contributed by atoms with E-state index in [0.29, 0.717) is 6.04 Å². The number of hydrogen-bond acceptors (Lipinski definition) is 2. The van der Waals surface area contributed by atoms with E-state index >= 15 is 0 Å². The molecule has 1 aromatic carbocycles. The van der Waals surface area contributed by atoms with Crippen LogP contribution in [0.4, 0.5) is 0 Å². The van der Waals surface area contributed by atoms with Crippen LogP contribution >= 0.6 is 12.2 Å². The van der Waals surface area contributed by atoms with Gasteiger partial charge < -0.3 is 14.8 Å². The highest BCUT2D eigenvalue weighted by Crippen LogP contribution is 2.44. The van der Waals surface area contributed by atoms with Crippen molar-refractivity contribution in [2.24, 2.45) is 0 Å². The molecule has 3 heterocycles. The lowest BCUT2D eigenvalue weighted by molar-refractivity contribution is 0.197. The molecule has 1 aliphatic carbocycles. The molecule has 1 saturated heterocycles. The number of thiocarbonyl (C=S) groups is 1. The summed E-state index contributed by atoms with van der Waals surface area (Å²) in [5, 5.41) is 4.54. The van der Waals surface area contributed by atoms with Gasteiger partial charge in [0.25, 0.3) is 0 Å². The van der Waals surface area contributed by atoms with Crippen LogP contribution in [0.3, 0.4) is 0 Å². The molecule has 0 radical (unpaired) electrons. The molecule has 2 atom stereocenters. The Bertz CT molecular complexity index is 1110. The molecule has 0 amide bonds. The topological polar surface area (TPSA) is 33.1 Å². The monoisotopic (exact) mass is 458 g/mol. The lowest BCUT2D eigenvalue weighted by Gasteiger charge is -2.37. The van der Waals surface area contributed by atoms with E-state index in [4.69, 9.17) is 17.2 Å². The van der Waals surface area contributed by atoms with Crippen molar-refractivity contribution >= 4 is 17.3 Å². The van der Waals surface area contributed by atoms with Crippen LogP contribution in [-0.4, -0.2) is 25.6 Å². The Morgan fingerprint density at radius 3 is 2.45 bits per heavy atom. The average molecular weight is 459 g/mol. The van der Waals surface area contributed by atoms with Crippen LogP contribution in [0.2, 0.25) is 0 Å². The summed E-state index contributed by atoms with van der Waals surface area (Å²) in [4.78, 5) is 7.25. The molecule has 5 rings (SSSR count). The molecule has 3 aromatic rings. The highest BCUT2D eigenvalue weighted by atomic mass is 32.1. The molecule has 172 valence electrons. The maximum absolute atomic E-state index is 5.96. The third-order valence-corrected chi connectivity index (χ3v) is 7.82. The van der Waals surface area contributed by atoms with Gasteiger partial charge in [0.05, 0.1) is 17.8 Å². The third kappa shape index (κ3) is 4.08. The van der Waals surface area contributed by atoms with Crippen LogP contribution in [-0.2, 0) is 6.42 Å². The zero-order valence-corrected chi connectivity index (χ0v) is 20.7. The average Bonchev–Trinajstić information content (AvgIpc) is 3.35. The zero-order chi connectivity index (χ0) is 22.9. The Labute approximate surface area is 203 Å². The summed E-state index contributed by atoms with van der Waals surface area (Å²) < 4.78 is 2.39. The second kappa shape index (κ2) is 9.30. The van der Waals surface area contributed by atoms with Gasteiger partial charge in [-0.2, -0.15) is 0 Å². The predicted molar refractivity (Wildman–Crippen MR) is 139 cm³/mol. The standard InChI is InChI=1S/C28H34N4S/c1-4-21-13-15-23(16-14-21)31-19(2)18-24(20(31)3)27-26(25-12-8-9-17-29-25)30-28(33)32(27)22-10-6-5-7-11-22/h8-9,12-18,22,26-27H,4-7,10-11H2,1-3H3,(H,30,33). The minimum Gasteiger partial charge on any atom is -0.352 e. The second-order valence-corrected chi connectivity index (χ2v) is 9.89. The van der Waals surface area contributed by atoms with Crippen LogP contribution in [0.25, 0.3) is 5.69 Å². The van der Waals surface area contributed by atoms with Gasteiger partial charge in [-0.15, -0.1) is 0 Å². The molecule has 2 aliphatic rings. The molecular formula is C28H34N4S. The van der Waals surface area contributed by atoms with E-state index in [9.17, 15) is 0 Å². The summed E-state index contributed by atoms with van der Waals surface area (Å²) >= 11 is 5.96. The summed E-state index contributed by atoms with van der Waals surface area (Å²) in [6, 6.07) is 18.2. The number of nitrogens with one attached hydrogen (secondary N) is 1. The van der Waals surface area contributed by atoms with E-state index in [1.807, 2.05) is 12.3 Å². The fourth-order valence-corrected chi connectivity index (χ4v) is 6.21. The SMILES string of the molecule is CCc1ccc(-n2c(C)cc(C3C(c4ccccn4)NC(=S)N3C3CCCCC3)c2C)cc1. The van der Waals surface area contributed by atoms with Crippen LogP contribution in [0.1, 0.15) is 79.3 Å². The first kappa shape index (κ1) is 22.1. The van der Waals surface area contributed by atoms with Crippen molar-refractivity contribution < 1.29 is 0 Å². The van der Waals surface area contributed by atoms with Gasteiger partial charge in [0.15, 0.2) is 5.11 Å². The van der Waals surface area contributed by atoms with Crippen molar-refractivity contribution in [3.63, 3.8) is 0 Å². The van der Waals surface area contributed by atoms with E-state index in [-0.39, 0.29) is 12.1 Å². The zero-order valence-electron chi connectivity index (χ0n) is 19.9. The first-order valence-electron chi connectivity index (χ1n) is 12.4. The first-order chi connectivity index (χ1) is 16.1. The van der Waals surface area contributed by atoms with Crippen LogP contribution in [0.15, 0.2) is 54.7 Å². The summed E-state index contributed by atoms with van der Waals surface area (Å²) in [7, 11) is 0. The minimum absolute atomic E-state index is 0.0528. The van der Waals surface area contributed by atoms with Crippen LogP contribution in [0.5, 0.6) is 0 Å². The molecule has 0 spiro atoms. The molecule has 1 N–H and O–H groups in total. The predicted octanol–water partition coefficient (Wildman–Crippen LogP) is 6.36. The Balaban J connectivity index is 1.60. The molecule has 2 aromatic heterocycles. The van der Waals surface area contributed by atoms with E-state index in [0.717, 1.165) is 17.2 Å². The number of rotatable bonds is 5. The number of pyridine rings is 1. The Kier molecular flexibility index (Phi) is 6.24. The number of aryl methyl sites for hydroxylation is 2. The van der Waals surface area contributed by atoms with E-state index < -0.39 is 0 Å². The number of nitrogens with zero attached hydrogens (tertiary/aromatic N) is 3. The van der Waals surface area contributed by atoms with Gasteiger partial charge in [0.1, 0.15) is 0 Å². The van der Waals surface area contributed by atoms with Crippen molar-refractivity contribution in [2.45, 2.75) is 77.4 Å². The van der Waals surface area contributed by atoms with Crippen molar-refractivity contribution in [1.82, 2.24) is 19.8 Å². The molecule has 4 nitrogen and oxygen atoms in total. The van der Waals surface area contributed by atoms with Crippen molar-refractivity contribution in [3.8, 4) is 5.69 Å². The van der Waals surface area contributed by atoms with E-state index in [1.165, 1.54) is 60.3 Å². The summed E-state index contributed by atoms with van der Waals surface area (Å²) in [6.07, 6.45) is 9.28. The normalized spacial score (nSPS) is 21.4. The molecular weight excluding hydrogens is 424 g/mol. The van der Waals surface area contributed by atoms with Gasteiger partial charge >= 0.3 is 0 Å². The van der Waals surface area contributed by atoms with Crippen molar-refractivity contribution in [3.05, 3.63) is 82.9 Å². The minimum atomic E-state index is 0.0528. The highest BCUT2D eigenvalue weighted by Gasteiger charge is 2.44. The highest BCUT2D eigenvalue weighted by molar-refractivity contribution is 7.80. The molecule has 2 unspecified atom stereocenters. The molecule has 5 heteroatoms. The van der Waals surface area contributed by atoms with Gasteiger partial charge in [-0.3, -0.25) is 4.98 Å². The lowest BCUT2D eigenvalue weighted by atomic mass is 9.90. The first-order valence-corrected chi connectivity index (χ1v) is 12.8. The largest absolute Gasteiger partial charge is 0.352 e. The van der Waals surface area contributed by atoms with Gasteiger partial charge in [-0.25, -0.2) is 0 Å². The van der Waals surface area contributed by atoms with Gasteiger partial charge in [0.2, 0.25) is 0 Å². The second-order valence-electron chi connectivity index (χ2n) is 9.51. The summed E-state index contributed by atoms with van der Waals surface area (Å²) in [5.74, 6) is 0. The Morgan fingerprint density at radius 1 is 1.03 bits per heavy atom. The van der Waals surface area contributed by atoms with Crippen molar-refractivity contribution in [1.29, 1.82) is 0 Å². The van der Waals surface area contributed by atoms with E-state index in [2.05, 4.69) is 78.0 Å². The fourth-order valence-electron chi connectivity index (χ4n) is 5.82. The molecule has 33 heavy (non-hydrogen) atoms. The molecule has 1 saturated carbocycles. The van der Waals surface area contributed by atoms with Crippen molar-refractivity contribution in [2.75, 3.05) is 0 Å². The van der Waals surface area contributed by atoms with Crippen LogP contribution < -0.4 is 5.32 Å². The lowest BCUT2D eigenvalue weighted by Crippen LogP contribution is -2.40. The molecule has 2 fully saturated rings. The summed E-state index contributed by atoms with van der Waals surface area (Å²) in [6.45, 7) is 6.67. The van der Waals surface area contributed by atoms with Gasteiger partial charge in [-0.1, -0.05) is 44.4 Å². The number of aromatic nitrogens is 2. The maximum Gasteiger partial charge on any atom is 0.170 e. The smallest absolute Gasteiger partial charge is 0.170 e. The third-order valence-electron chi connectivity index (χ3n) is 7.50. The fraction of sp³-hybridized carbons (Fsp3) is 0.429. The number of hydrogen-bond donors (Lipinski definition) is 1. The maximum atomic E-state index is 5.96.